The number of nitro benzene ring substituents is 1. The van der Waals surface area contributed by atoms with Crippen LogP contribution in [0.15, 0.2) is 29.2 Å². The number of benzene rings is 1. The zero-order valence-electron chi connectivity index (χ0n) is 10.9. The second-order valence-electron chi connectivity index (χ2n) is 5.28. The Hall–Kier alpha value is -0.680. The molecule has 0 bridgehead atoms. The molecule has 100 valence electrons. The Morgan fingerprint density at radius 1 is 1.39 bits per heavy atom. The van der Waals surface area contributed by atoms with E-state index in [-0.39, 0.29) is 16.0 Å². The number of para-hydroxylation sites is 1. The van der Waals surface area contributed by atoms with Crippen LogP contribution >= 0.6 is 24.4 Å². The van der Waals surface area contributed by atoms with Crippen LogP contribution < -0.4 is 0 Å². The second kappa shape index (κ2) is 6.48. The minimum Gasteiger partial charge on any atom is -0.258 e. The fraction of sp³-hybridized carbons (Fsp3) is 0.538. The number of rotatable bonds is 5. The smallest absolute Gasteiger partial charge is 0.258 e. The molecule has 0 heterocycles. The molecule has 0 aliphatic heterocycles. The van der Waals surface area contributed by atoms with Crippen LogP contribution in [0.2, 0.25) is 0 Å². The molecular formula is C13H19NO2S2. The van der Waals surface area contributed by atoms with Crippen LogP contribution in [0.4, 0.5) is 5.69 Å². The topological polar surface area (TPSA) is 43.1 Å². The van der Waals surface area contributed by atoms with Crippen LogP contribution in [0, 0.1) is 21.4 Å². The normalized spacial score (nSPS) is 13.3. The van der Waals surface area contributed by atoms with Gasteiger partial charge in [0.05, 0.1) is 9.82 Å². The number of hydrogen-bond donors (Lipinski definition) is 1. The molecule has 0 aromatic heterocycles. The Labute approximate surface area is 118 Å². The lowest BCUT2D eigenvalue weighted by Gasteiger charge is -2.29. The monoisotopic (exact) mass is 285 g/mol. The van der Waals surface area contributed by atoms with Crippen molar-refractivity contribution >= 4 is 30.1 Å². The van der Waals surface area contributed by atoms with Gasteiger partial charge < -0.3 is 0 Å². The Morgan fingerprint density at radius 2 is 2.00 bits per heavy atom. The molecule has 1 unspecified atom stereocenters. The standard InChI is InChI=1S/C13H19NO2S2/c1-13(2,3)10(8-17)9-18-12-7-5-4-6-11(12)14(15)16/h4-7,10,17H,8-9H2,1-3H3. The number of nitro groups is 1. The number of hydrogen-bond acceptors (Lipinski definition) is 4. The second-order valence-corrected chi connectivity index (χ2v) is 6.71. The van der Waals surface area contributed by atoms with Gasteiger partial charge in [0.2, 0.25) is 0 Å². The lowest BCUT2D eigenvalue weighted by molar-refractivity contribution is -0.387. The van der Waals surface area contributed by atoms with Gasteiger partial charge in [0.15, 0.2) is 0 Å². The van der Waals surface area contributed by atoms with E-state index in [0.717, 1.165) is 16.4 Å². The highest BCUT2D eigenvalue weighted by Gasteiger charge is 2.24. The van der Waals surface area contributed by atoms with Gasteiger partial charge in [0.25, 0.3) is 5.69 Å². The minimum absolute atomic E-state index is 0.165. The molecule has 0 saturated carbocycles. The van der Waals surface area contributed by atoms with Gasteiger partial charge in [-0.05, 0) is 23.2 Å². The first-order valence-electron chi connectivity index (χ1n) is 5.83. The summed E-state index contributed by atoms with van der Waals surface area (Å²) < 4.78 is 0. The Balaban J connectivity index is 2.77. The fourth-order valence-electron chi connectivity index (χ4n) is 1.50. The average Bonchev–Trinajstić information content (AvgIpc) is 2.28. The summed E-state index contributed by atoms with van der Waals surface area (Å²) in [5, 5.41) is 10.9. The highest BCUT2D eigenvalue weighted by Crippen LogP contribution is 2.35. The minimum atomic E-state index is -0.324. The van der Waals surface area contributed by atoms with Gasteiger partial charge in [-0.15, -0.1) is 11.8 Å². The first-order chi connectivity index (χ1) is 8.36. The van der Waals surface area contributed by atoms with Crippen molar-refractivity contribution in [2.24, 2.45) is 11.3 Å². The van der Waals surface area contributed by atoms with Gasteiger partial charge >= 0.3 is 0 Å². The molecule has 0 fully saturated rings. The van der Waals surface area contributed by atoms with E-state index in [2.05, 4.69) is 33.4 Å². The van der Waals surface area contributed by atoms with Gasteiger partial charge in [0, 0.05) is 11.8 Å². The largest absolute Gasteiger partial charge is 0.282 e. The highest BCUT2D eigenvalue weighted by molar-refractivity contribution is 7.99. The summed E-state index contributed by atoms with van der Waals surface area (Å²) in [6.07, 6.45) is 0. The summed E-state index contributed by atoms with van der Waals surface area (Å²) in [7, 11) is 0. The highest BCUT2D eigenvalue weighted by atomic mass is 32.2. The Bertz CT molecular complexity index is 416. The van der Waals surface area contributed by atoms with Crippen LogP contribution in [-0.4, -0.2) is 16.4 Å². The molecule has 0 saturated heterocycles. The first-order valence-corrected chi connectivity index (χ1v) is 7.45. The molecule has 0 aliphatic rings. The Morgan fingerprint density at radius 3 is 2.50 bits per heavy atom. The summed E-state index contributed by atoms with van der Waals surface area (Å²) in [5.41, 5.74) is 0.354. The van der Waals surface area contributed by atoms with Crippen LogP contribution in [0.1, 0.15) is 20.8 Å². The lowest BCUT2D eigenvalue weighted by atomic mass is 9.83. The van der Waals surface area contributed by atoms with E-state index in [0.29, 0.717) is 5.92 Å². The summed E-state index contributed by atoms with van der Waals surface area (Å²) in [5.74, 6) is 2.06. The van der Waals surface area contributed by atoms with Crippen molar-refractivity contribution in [3.63, 3.8) is 0 Å². The number of nitrogens with zero attached hydrogens (tertiary/aromatic N) is 1. The van der Waals surface area contributed by atoms with Crippen molar-refractivity contribution < 1.29 is 4.92 Å². The molecule has 1 aromatic carbocycles. The molecule has 18 heavy (non-hydrogen) atoms. The molecule has 3 nitrogen and oxygen atoms in total. The van der Waals surface area contributed by atoms with E-state index in [1.165, 1.54) is 0 Å². The molecule has 0 aliphatic carbocycles. The van der Waals surface area contributed by atoms with Crippen LogP contribution in [-0.2, 0) is 0 Å². The maximum Gasteiger partial charge on any atom is 0.282 e. The van der Waals surface area contributed by atoms with Crippen LogP contribution in [0.3, 0.4) is 0 Å². The predicted molar refractivity (Wildman–Crippen MR) is 80.6 cm³/mol. The molecule has 1 atom stereocenters. The van der Waals surface area contributed by atoms with Crippen molar-refractivity contribution in [2.45, 2.75) is 25.7 Å². The van der Waals surface area contributed by atoms with E-state index < -0.39 is 0 Å². The lowest BCUT2D eigenvalue weighted by Crippen LogP contribution is -2.24. The third-order valence-electron chi connectivity index (χ3n) is 2.95. The van der Waals surface area contributed by atoms with Gasteiger partial charge in [-0.1, -0.05) is 32.9 Å². The maximum absolute atomic E-state index is 10.9. The SMILES string of the molecule is CC(C)(C)C(CS)CSc1ccccc1[N+](=O)[O-]. The molecule has 0 spiro atoms. The number of thioether (sulfide) groups is 1. The van der Waals surface area contributed by atoms with Crippen molar-refractivity contribution in [3.05, 3.63) is 34.4 Å². The van der Waals surface area contributed by atoms with E-state index in [4.69, 9.17) is 0 Å². The van der Waals surface area contributed by atoms with E-state index in [1.807, 2.05) is 6.07 Å². The third kappa shape index (κ3) is 4.21. The average molecular weight is 285 g/mol. The molecule has 1 aromatic rings. The molecule has 0 N–H and O–H groups in total. The summed E-state index contributed by atoms with van der Waals surface area (Å²) in [6, 6.07) is 6.89. The van der Waals surface area contributed by atoms with Crippen LogP contribution in [0.25, 0.3) is 0 Å². The quantitative estimate of drug-likeness (QED) is 0.380. The van der Waals surface area contributed by atoms with E-state index >= 15 is 0 Å². The van der Waals surface area contributed by atoms with Crippen molar-refractivity contribution in [2.75, 3.05) is 11.5 Å². The Kier molecular flexibility index (Phi) is 5.53. The van der Waals surface area contributed by atoms with E-state index in [1.54, 1.807) is 30.0 Å². The van der Waals surface area contributed by atoms with Gasteiger partial charge in [-0.2, -0.15) is 12.6 Å². The zero-order chi connectivity index (χ0) is 13.8. The van der Waals surface area contributed by atoms with E-state index in [9.17, 15) is 10.1 Å². The zero-order valence-corrected chi connectivity index (χ0v) is 12.6. The van der Waals surface area contributed by atoms with Crippen LogP contribution in [0.5, 0.6) is 0 Å². The van der Waals surface area contributed by atoms with Crippen molar-refractivity contribution in [3.8, 4) is 0 Å². The molecule has 5 heteroatoms. The maximum atomic E-state index is 10.9. The van der Waals surface area contributed by atoms with Crippen molar-refractivity contribution in [1.29, 1.82) is 0 Å². The fourth-order valence-corrected chi connectivity index (χ4v) is 3.81. The summed E-state index contributed by atoms with van der Waals surface area (Å²) >= 11 is 5.92. The summed E-state index contributed by atoms with van der Waals surface area (Å²) in [6.45, 7) is 6.52. The molecular weight excluding hydrogens is 266 g/mol. The molecule has 0 amide bonds. The van der Waals surface area contributed by atoms with Gasteiger partial charge in [-0.25, -0.2) is 0 Å². The number of thiol groups is 1. The van der Waals surface area contributed by atoms with Gasteiger partial charge in [0.1, 0.15) is 0 Å². The molecule has 0 radical (unpaired) electrons. The van der Waals surface area contributed by atoms with Crippen molar-refractivity contribution in [1.82, 2.24) is 0 Å². The van der Waals surface area contributed by atoms with Gasteiger partial charge in [-0.3, -0.25) is 10.1 Å². The predicted octanol–water partition coefficient (Wildman–Crippen LogP) is 4.28. The molecule has 1 rings (SSSR count). The third-order valence-corrected chi connectivity index (χ3v) is 4.61. The first kappa shape index (κ1) is 15.4. The summed E-state index contributed by atoms with van der Waals surface area (Å²) in [4.78, 5) is 11.3.